The van der Waals surface area contributed by atoms with E-state index in [-0.39, 0.29) is 24.3 Å². The molecular formula is C17H15F2N3O2S. The predicted molar refractivity (Wildman–Crippen MR) is 88.8 cm³/mol. The molecule has 2 aromatic heterocycles. The zero-order chi connectivity index (χ0) is 17.8. The first-order valence-electron chi connectivity index (χ1n) is 7.62. The van der Waals surface area contributed by atoms with E-state index in [1.807, 2.05) is 16.8 Å². The summed E-state index contributed by atoms with van der Waals surface area (Å²) >= 11 is 1.53. The highest BCUT2D eigenvalue weighted by molar-refractivity contribution is 7.08. The number of rotatable bonds is 6. The van der Waals surface area contributed by atoms with Crippen molar-refractivity contribution >= 4 is 17.2 Å². The second-order valence-corrected chi connectivity index (χ2v) is 6.26. The molecule has 5 nitrogen and oxygen atoms in total. The van der Waals surface area contributed by atoms with E-state index in [2.05, 4.69) is 15.5 Å². The Labute approximate surface area is 146 Å². The fourth-order valence-electron chi connectivity index (χ4n) is 2.33. The van der Waals surface area contributed by atoms with E-state index in [9.17, 15) is 13.6 Å². The van der Waals surface area contributed by atoms with Crippen LogP contribution in [-0.4, -0.2) is 16.0 Å². The molecule has 0 aliphatic carbocycles. The van der Waals surface area contributed by atoms with Crippen molar-refractivity contribution in [3.05, 3.63) is 58.1 Å². The van der Waals surface area contributed by atoms with Gasteiger partial charge < -0.3 is 9.84 Å². The van der Waals surface area contributed by atoms with Gasteiger partial charge in [-0.25, -0.2) is 8.78 Å². The van der Waals surface area contributed by atoms with Crippen molar-refractivity contribution in [1.82, 2.24) is 15.5 Å². The molecule has 0 spiro atoms. The summed E-state index contributed by atoms with van der Waals surface area (Å²) < 4.78 is 31.8. The minimum Gasteiger partial charge on any atom is -0.349 e. The van der Waals surface area contributed by atoms with Crippen molar-refractivity contribution in [3.8, 4) is 11.4 Å². The Kier molecular flexibility index (Phi) is 5.18. The van der Waals surface area contributed by atoms with Crippen LogP contribution in [0, 0.1) is 11.6 Å². The summed E-state index contributed by atoms with van der Waals surface area (Å²) in [5.74, 6) is -0.787. The topological polar surface area (TPSA) is 68.0 Å². The first-order chi connectivity index (χ1) is 12.0. The minimum absolute atomic E-state index is 0.123. The van der Waals surface area contributed by atoms with Gasteiger partial charge >= 0.3 is 0 Å². The fourth-order valence-corrected chi connectivity index (χ4v) is 2.96. The quantitative estimate of drug-likeness (QED) is 0.721. The largest absolute Gasteiger partial charge is 0.349 e. The molecule has 3 rings (SSSR count). The van der Waals surface area contributed by atoms with Crippen LogP contribution in [0.15, 0.2) is 39.5 Å². The maximum absolute atomic E-state index is 13.7. The monoisotopic (exact) mass is 363 g/mol. The van der Waals surface area contributed by atoms with Crippen molar-refractivity contribution in [1.29, 1.82) is 0 Å². The zero-order valence-corrected chi connectivity index (χ0v) is 14.1. The van der Waals surface area contributed by atoms with Gasteiger partial charge in [-0.05, 0) is 24.4 Å². The summed E-state index contributed by atoms with van der Waals surface area (Å²) in [6.07, 6.45) is 0.403. The number of carbonyl (C=O) groups excluding carboxylic acids is 1. The van der Waals surface area contributed by atoms with Gasteiger partial charge in [-0.15, -0.1) is 0 Å². The number of hydrogen-bond acceptors (Lipinski definition) is 5. The van der Waals surface area contributed by atoms with E-state index >= 15 is 0 Å². The Morgan fingerprint density at radius 1 is 1.36 bits per heavy atom. The number of nitrogens with one attached hydrogen (secondary N) is 1. The molecule has 0 aliphatic heterocycles. The van der Waals surface area contributed by atoms with Crippen LogP contribution in [0.25, 0.3) is 11.4 Å². The van der Waals surface area contributed by atoms with Crippen molar-refractivity contribution in [3.63, 3.8) is 0 Å². The van der Waals surface area contributed by atoms with Gasteiger partial charge in [0.25, 0.3) is 0 Å². The summed E-state index contributed by atoms with van der Waals surface area (Å²) in [7, 11) is 0. The summed E-state index contributed by atoms with van der Waals surface area (Å²) in [6.45, 7) is 1.63. The van der Waals surface area contributed by atoms with Crippen LogP contribution in [0.3, 0.4) is 0 Å². The van der Waals surface area contributed by atoms with Gasteiger partial charge in [-0.3, -0.25) is 4.79 Å². The summed E-state index contributed by atoms with van der Waals surface area (Å²) in [6, 6.07) is 4.58. The number of nitrogens with zero attached hydrogens (tertiary/aromatic N) is 2. The van der Waals surface area contributed by atoms with Gasteiger partial charge in [0.15, 0.2) is 0 Å². The molecule has 1 aromatic carbocycles. The molecule has 0 saturated heterocycles. The molecule has 1 N–H and O–H groups in total. The SMILES string of the molecule is CC(NC(=O)CCc1nc(-c2ccsc2)no1)c1ccc(F)cc1F. The third-order valence-electron chi connectivity index (χ3n) is 3.62. The molecule has 130 valence electrons. The Morgan fingerprint density at radius 2 is 2.20 bits per heavy atom. The molecule has 0 bridgehead atoms. The molecule has 3 aromatic rings. The smallest absolute Gasteiger partial charge is 0.227 e. The van der Waals surface area contributed by atoms with Crippen molar-refractivity contribution in [2.45, 2.75) is 25.8 Å². The lowest BCUT2D eigenvalue weighted by atomic mass is 10.1. The Hall–Kier alpha value is -2.61. The maximum atomic E-state index is 13.7. The molecule has 1 amide bonds. The number of thiophene rings is 1. The molecule has 1 unspecified atom stereocenters. The predicted octanol–water partition coefficient (Wildman–Crippen LogP) is 3.89. The van der Waals surface area contributed by atoms with E-state index in [1.54, 1.807) is 6.92 Å². The summed E-state index contributed by atoms with van der Waals surface area (Å²) in [5, 5.41) is 10.4. The number of halogens is 2. The first kappa shape index (κ1) is 17.2. The molecule has 0 saturated carbocycles. The van der Waals surface area contributed by atoms with E-state index in [1.165, 1.54) is 17.4 Å². The van der Waals surface area contributed by atoms with Crippen molar-refractivity contribution < 1.29 is 18.1 Å². The number of aromatic nitrogens is 2. The molecule has 8 heteroatoms. The zero-order valence-electron chi connectivity index (χ0n) is 13.3. The van der Waals surface area contributed by atoms with Crippen LogP contribution < -0.4 is 5.32 Å². The fraction of sp³-hybridized carbons (Fsp3) is 0.235. The van der Waals surface area contributed by atoms with Crippen LogP contribution in [-0.2, 0) is 11.2 Å². The number of aryl methyl sites for hydroxylation is 1. The highest BCUT2D eigenvalue weighted by Gasteiger charge is 2.16. The second-order valence-electron chi connectivity index (χ2n) is 5.48. The molecule has 2 heterocycles. The Morgan fingerprint density at radius 3 is 2.92 bits per heavy atom. The van der Waals surface area contributed by atoms with Gasteiger partial charge in [-0.1, -0.05) is 11.2 Å². The molecule has 25 heavy (non-hydrogen) atoms. The third-order valence-corrected chi connectivity index (χ3v) is 4.30. The first-order valence-corrected chi connectivity index (χ1v) is 8.56. The highest BCUT2D eigenvalue weighted by atomic mass is 32.1. The lowest BCUT2D eigenvalue weighted by Gasteiger charge is -2.14. The lowest BCUT2D eigenvalue weighted by Crippen LogP contribution is -2.27. The van der Waals surface area contributed by atoms with Gasteiger partial charge in [0.2, 0.25) is 17.6 Å². The summed E-state index contributed by atoms with van der Waals surface area (Å²) in [4.78, 5) is 16.3. The lowest BCUT2D eigenvalue weighted by molar-refractivity contribution is -0.121. The highest BCUT2D eigenvalue weighted by Crippen LogP contribution is 2.20. The Balaban J connectivity index is 1.54. The molecule has 0 radical (unpaired) electrons. The minimum atomic E-state index is -0.690. The molecular weight excluding hydrogens is 348 g/mol. The van der Waals surface area contributed by atoms with Crippen LogP contribution >= 0.6 is 11.3 Å². The van der Waals surface area contributed by atoms with E-state index in [0.717, 1.165) is 17.7 Å². The average molecular weight is 363 g/mol. The average Bonchev–Trinajstić information content (AvgIpc) is 3.24. The van der Waals surface area contributed by atoms with E-state index in [4.69, 9.17) is 4.52 Å². The number of carbonyl (C=O) groups is 1. The second kappa shape index (κ2) is 7.52. The van der Waals surface area contributed by atoms with Gasteiger partial charge in [-0.2, -0.15) is 16.3 Å². The summed E-state index contributed by atoms with van der Waals surface area (Å²) in [5.41, 5.74) is 1.09. The van der Waals surface area contributed by atoms with Crippen molar-refractivity contribution in [2.24, 2.45) is 0 Å². The van der Waals surface area contributed by atoms with Crippen LogP contribution in [0.5, 0.6) is 0 Å². The normalized spacial score (nSPS) is 12.1. The van der Waals surface area contributed by atoms with E-state index in [0.29, 0.717) is 11.7 Å². The van der Waals surface area contributed by atoms with Crippen LogP contribution in [0.4, 0.5) is 8.78 Å². The molecule has 0 aliphatic rings. The molecule has 0 fully saturated rings. The number of hydrogen-bond donors (Lipinski definition) is 1. The van der Waals surface area contributed by atoms with Crippen LogP contribution in [0.2, 0.25) is 0 Å². The Bertz CT molecular complexity index is 865. The van der Waals surface area contributed by atoms with E-state index < -0.39 is 17.7 Å². The third kappa shape index (κ3) is 4.27. The van der Waals surface area contributed by atoms with Gasteiger partial charge in [0.1, 0.15) is 11.6 Å². The maximum Gasteiger partial charge on any atom is 0.227 e. The van der Waals surface area contributed by atoms with Gasteiger partial charge in [0.05, 0.1) is 6.04 Å². The molecule has 1 atom stereocenters. The standard InChI is InChI=1S/C17H15F2N3O2S/c1-10(13-3-2-12(18)8-14(13)19)20-15(23)4-5-16-21-17(22-24-16)11-6-7-25-9-11/h2-3,6-10H,4-5H2,1H3,(H,20,23). The number of benzene rings is 1. The van der Waals surface area contributed by atoms with Crippen molar-refractivity contribution in [2.75, 3.05) is 0 Å². The number of amides is 1. The van der Waals surface area contributed by atoms with Crippen LogP contribution in [0.1, 0.15) is 30.8 Å². The van der Waals surface area contributed by atoms with Gasteiger partial charge in [0, 0.05) is 35.4 Å².